The first-order valence-electron chi connectivity index (χ1n) is 45.7. The monoisotopic (exact) mass is 1990 g/mol. The molecule has 0 amide bonds. The van der Waals surface area contributed by atoms with Crippen molar-refractivity contribution < 1.29 is 0 Å². The lowest BCUT2D eigenvalue weighted by Gasteiger charge is -1.94. The minimum atomic E-state index is 1.04. The average Bonchev–Trinajstić information content (AvgIpc) is 1.62. The van der Waals surface area contributed by atoms with E-state index in [-0.39, 0.29) is 0 Å². The minimum Gasteiger partial charge on any atom is -0.264 e. The molecule has 140 heavy (non-hydrogen) atoms. The van der Waals surface area contributed by atoms with Gasteiger partial charge < -0.3 is 0 Å². The molecular weight excluding hydrogens is 1900 g/mol. The largest absolute Gasteiger partial charge is 0.264 e. The Morgan fingerprint density at radius 1 is 0.164 bits per heavy atom. The van der Waals surface area contributed by atoms with Crippen molar-refractivity contribution >= 4 is 316 Å². The van der Waals surface area contributed by atoms with Crippen LogP contribution in [-0.4, -0.2) is 54.8 Å². The van der Waals surface area contributed by atoms with Crippen LogP contribution in [0.1, 0.15) is 56.0 Å². The highest BCUT2D eigenvalue weighted by molar-refractivity contribution is 7.29. The average molecular weight is 1990 g/mol. The van der Waals surface area contributed by atoms with E-state index in [4.69, 9.17) is 0 Å². The third kappa shape index (κ3) is 19.1. The van der Waals surface area contributed by atoms with Crippen LogP contribution in [0.25, 0.3) is 203 Å². The molecular formula is C119H89N11S10. The summed E-state index contributed by atoms with van der Waals surface area (Å²) in [5.41, 5.74) is 17.0. The van der Waals surface area contributed by atoms with Gasteiger partial charge in [-0.3, -0.25) is 34.9 Å². The molecule has 11 nitrogen and oxygen atoms in total. The maximum atomic E-state index is 4.57. The van der Waals surface area contributed by atoms with Gasteiger partial charge in [-0.2, -0.15) is 0 Å². The number of benzene rings is 9. The Hall–Kier alpha value is -14.2. The van der Waals surface area contributed by atoms with Crippen LogP contribution < -0.4 is 0 Å². The van der Waals surface area contributed by atoms with Crippen molar-refractivity contribution in [2.45, 2.75) is 69.2 Å². The minimum absolute atomic E-state index is 1.04. The van der Waals surface area contributed by atoms with Crippen LogP contribution in [0.3, 0.4) is 0 Å². The summed E-state index contributed by atoms with van der Waals surface area (Å²) in [6, 6.07) is 101. The van der Waals surface area contributed by atoms with Crippen LogP contribution in [0.2, 0.25) is 0 Å². The summed E-state index contributed by atoms with van der Waals surface area (Å²) in [6.07, 6.45) is 20.7. The van der Waals surface area contributed by atoms with Gasteiger partial charge in [0, 0.05) is 218 Å². The lowest BCUT2D eigenvalue weighted by Crippen LogP contribution is -1.78. The van der Waals surface area contributed by atoms with E-state index >= 15 is 0 Å². The van der Waals surface area contributed by atoms with E-state index in [1.54, 1.807) is 56.7 Å². The lowest BCUT2D eigenvalue weighted by atomic mass is 10.1. The van der Waals surface area contributed by atoms with E-state index in [0.717, 1.165) is 58.5 Å². The number of pyridine rings is 11. The molecule has 0 atom stereocenters. The maximum Gasteiger partial charge on any atom is 0.124 e. The highest BCUT2D eigenvalue weighted by Gasteiger charge is 2.16. The van der Waals surface area contributed by atoms with Gasteiger partial charge in [0.15, 0.2) is 0 Å². The van der Waals surface area contributed by atoms with Crippen LogP contribution in [0, 0.1) is 69.2 Å². The molecule has 9 aromatic carbocycles. The van der Waals surface area contributed by atoms with E-state index in [0.29, 0.717) is 0 Å². The molecule has 0 aliphatic heterocycles. The van der Waals surface area contributed by atoms with Gasteiger partial charge in [0.2, 0.25) is 0 Å². The van der Waals surface area contributed by atoms with Crippen molar-refractivity contribution in [3.63, 3.8) is 0 Å². The number of thiophene rings is 10. The van der Waals surface area contributed by atoms with Crippen LogP contribution in [0.15, 0.2) is 359 Å². The quantitative estimate of drug-likeness (QED) is 0.143. The number of rotatable bonds is 0. The van der Waals surface area contributed by atoms with Gasteiger partial charge in [0.25, 0.3) is 0 Å². The van der Waals surface area contributed by atoms with Crippen molar-refractivity contribution in [3.05, 3.63) is 415 Å². The number of fused-ring (bicyclic) bond motifs is 30. The zero-order chi connectivity index (χ0) is 95.4. The SMILES string of the molecule is Cc1cc2c(cn1)sc1cccnc12.Cc1cc2c(cn1)sc1ncccc12.Cc1ccc2sc3ccccc3c2n1.Cc1cccc2c1sc1ccccc12.Cc1cccc2sc3cccnc3c12.Cc1cccc2sc3ncccc3c12.Cc1cccc2sc3ncccc3c12.Cc1cccc2sc3ncccc3c12.Cc1ccnc2c1sc1ccccc12.Cc1cncc2c1sc1ccccc12. The van der Waals surface area contributed by atoms with E-state index in [1.165, 1.54) is 200 Å². The molecule has 30 rings (SSSR count). The van der Waals surface area contributed by atoms with Gasteiger partial charge >= 0.3 is 0 Å². The molecule has 0 radical (unpaired) electrons. The summed E-state index contributed by atoms with van der Waals surface area (Å²) in [5, 5.41) is 20.9. The summed E-state index contributed by atoms with van der Waals surface area (Å²) in [4.78, 5) is 52.6. The molecule has 21 heteroatoms. The molecule has 0 aliphatic rings. The Kier molecular flexibility index (Phi) is 27.1. The van der Waals surface area contributed by atoms with E-state index in [9.17, 15) is 0 Å². The normalized spacial score (nSPS) is 11.2. The first-order valence-corrected chi connectivity index (χ1v) is 53.9. The van der Waals surface area contributed by atoms with Crippen LogP contribution >= 0.6 is 113 Å². The fourth-order valence-electron chi connectivity index (χ4n) is 17.6. The van der Waals surface area contributed by atoms with Crippen molar-refractivity contribution in [1.29, 1.82) is 0 Å². The maximum absolute atomic E-state index is 4.57. The van der Waals surface area contributed by atoms with E-state index < -0.39 is 0 Å². The second kappa shape index (κ2) is 41.1. The molecule has 0 spiro atoms. The van der Waals surface area contributed by atoms with Gasteiger partial charge in [-0.05, 0) is 260 Å². The molecule has 0 aliphatic carbocycles. The summed E-state index contributed by atoms with van der Waals surface area (Å²) >= 11 is 17.9. The van der Waals surface area contributed by atoms with Crippen molar-refractivity contribution in [3.8, 4) is 0 Å². The van der Waals surface area contributed by atoms with E-state index in [1.807, 2.05) is 182 Å². The zero-order valence-corrected chi connectivity index (χ0v) is 86.2. The fraction of sp³-hybridized carbons (Fsp3) is 0.0840. The highest BCUT2D eigenvalue weighted by Crippen LogP contribution is 2.43. The number of aryl methyl sites for hydroxylation is 10. The van der Waals surface area contributed by atoms with Crippen LogP contribution in [0.5, 0.6) is 0 Å². The molecule has 21 heterocycles. The second-order valence-corrected chi connectivity index (χ2v) is 44.5. The third-order valence-electron chi connectivity index (χ3n) is 24.3. The van der Waals surface area contributed by atoms with Gasteiger partial charge in [0.1, 0.15) is 19.3 Å². The molecule has 680 valence electrons. The topological polar surface area (TPSA) is 142 Å². The lowest BCUT2D eigenvalue weighted by molar-refractivity contribution is 1.23. The first-order chi connectivity index (χ1) is 68.6. The molecule has 0 bridgehead atoms. The number of hydrogen-bond acceptors (Lipinski definition) is 21. The van der Waals surface area contributed by atoms with Gasteiger partial charge in [-0.15, -0.1) is 113 Å². The first kappa shape index (κ1) is 92.2. The fourth-order valence-corrected chi connectivity index (χ4v) is 28.6. The molecule has 21 aromatic heterocycles. The molecule has 0 saturated heterocycles. The second-order valence-electron chi connectivity index (χ2n) is 34.0. The smallest absolute Gasteiger partial charge is 0.124 e. The predicted octanol–water partition coefficient (Wildman–Crippen LogP) is 37.0. The number of nitrogens with zero attached hydrogens (tertiary/aromatic N) is 11. The summed E-state index contributed by atoms with van der Waals surface area (Å²) in [5.74, 6) is 0. The zero-order valence-electron chi connectivity index (χ0n) is 78.1. The Bertz CT molecular complexity index is 8780. The van der Waals surface area contributed by atoms with Crippen LogP contribution in [-0.2, 0) is 0 Å². The number of aromatic nitrogens is 11. The van der Waals surface area contributed by atoms with Crippen molar-refractivity contribution in [1.82, 2.24) is 54.8 Å². The Morgan fingerprint density at radius 2 is 0.514 bits per heavy atom. The Labute approximate surface area is 847 Å². The molecule has 0 saturated carbocycles. The Balaban J connectivity index is 0.0000000924. The summed E-state index contributed by atoms with van der Waals surface area (Å²) < 4.78 is 21.0. The molecule has 0 fully saturated rings. The van der Waals surface area contributed by atoms with E-state index in [2.05, 4.69) is 358 Å². The molecule has 30 aromatic rings. The summed E-state index contributed by atoms with van der Waals surface area (Å²) in [7, 11) is 0. The van der Waals surface area contributed by atoms with Crippen LogP contribution in [0.4, 0.5) is 0 Å². The van der Waals surface area contributed by atoms with Gasteiger partial charge in [-0.25, -0.2) is 19.9 Å². The molecule has 0 N–H and O–H groups in total. The molecule has 0 unspecified atom stereocenters. The predicted molar refractivity (Wildman–Crippen MR) is 616 cm³/mol. The van der Waals surface area contributed by atoms with Crippen molar-refractivity contribution in [2.24, 2.45) is 0 Å². The van der Waals surface area contributed by atoms with Gasteiger partial charge in [-0.1, -0.05) is 140 Å². The Morgan fingerprint density at radius 3 is 1.08 bits per heavy atom. The van der Waals surface area contributed by atoms with Gasteiger partial charge in [0.05, 0.1) is 50.3 Å². The number of hydrogen-bond donors (Lipinski definition) is 0. The standard InChI is InChI=1S/C13H10S.7C12H9NS.2C11H8N2S/c1-9-5-4-7-11-10-6-2-3-8-12(10)14-13(9)11;3*1-8-4-2-6-10-11(8)9-5-3-7-13-12(9)14-10;1-8-4-2-5-9-11(8)12-10(14-9)6-3-7-13-12;1-8-6-13-7-10-9-4-2-3-5-11(9)14-12(8)10;1-8-6-7-13-11-9-4-2-3-5-10(9)14-12(8)11;1-8-6-7-11-12(13-8)9-4-2-3-5-10(9)14-11;1-7-5-8-10(6-13-7)14-9-3-2-4-12-11(8)9;1-7-5-9-8-3-2-4-12-11(8)14-10(9)6-13-7/h2-8H,1H3;7*2-7H,1H3;2*2-6H,1H3. The third-order valence-corrected chi connectivity index (χ3v) is 35.9. The highest BCUT2D eigenvalue weighted by atomic mass is 32.1. The summed E-state index contributed by atoms with van der Waals surface area (Å²) in [6.45, 7) is 21.1. The van der Waals surface area contributed by atoms with Crippen molar-refractivity contribution in [2.75, 3.05) is 0 Å².